The van der Waals surface area contributed by atoms with Gasteiger partial charge in [-0.2, -0.15) is 0 Å². The number of alkyl carbamates (subject to hydrolysis) is 1. The number of nitrogens with one attached hydrogen (secondary N) is 1. The third-order valence-electron chi connectivity index (χ3n) is 7.11. The monoisotopic (exact) mass is 500 g/mol. The summed E-state index contributed by atoms with van der Waals surface area (Å²) in [5, 5.41) is 3.05. The highest BCUT2D eigenvalue weighted by molar-refractivity contribution is 5.88. The Morgan fingerprint density at radius 3 is 2.11 bits per heavy atom. The normalized spacial score (nSPS) is 18.9. The van der Waals surface area contributed by atoms with E-state index in [1.807, 2.05) is 118 Å². The van der Waals surface area contributed by atoms with E-state index in [0.29, 0.717) is 0 Å². The van der Waals surface area contributed by atoms with Gasteiger partial charge in [0, 0.05) is 0 Å². The molecule has 1 N–H and O–H groups in total. The molecule has 1 saturated heterocycles. The van der Waals surface area contributed by atoms with Crippen LogP contribution >= 0.6 is 0 Å². The highest BCUT2D eigenvalue weighted by atomic mass is 16.5. The van der Waals surface area contributed by atoms with Gasteiger partial charge < -0.3 is 19.7 Å². The molecule has 0 aliphatic carbocycles. The first-order valence-electron chi connectivity index (χ1n) is 12.7. The fourth-order valence-corrected chi connectivity index (χ4v) is 5.09. The third-order valence-corrected chi connectivity index (χ3v) is 7.11. The van der Waals surface area contributed by atoms with E-state index < -0.39 is 18.1 Å². The number of benzene rings is 3. The van der Waals surface area contributed by atoms with Crippen LogP contribution in [0.25, 0.3) is 0 Å². The number of nitrogens with zero attached hydrogens (tertiary/aromatic N) is 1. The molecule has 4 rings (SSSR count). The van der Waals surface area contributed by atoms with Gasteiger partial charge in [-0.25, -0.2) is 4.79 Å². The van der Waals surface area contributed by atoms with Crippen LogP contribution in [0.5, 0.6) is 5.75 Å². The number of hydrogen-bond acceptors (Lipinski definition) is 4. The van der Waals surface area contributed by atoms with Gasteiger partial charge >= 0.3 is 6.09 Å². The average molecular weight is 501 g/mol. The van der Waals surface area contributed by atoms with Crippen molar-refractivity contribution in [3.63, 3.8) is 0 Å². The van der Waals surface area contributed by atoms with E-state index in [-0.39, 0.29) is 30.0 Å². The van der Waals surface area contributed by atoms with Crippen LogP contribution in [0.2, 0.25) is 0 Å². The molecular weight excluding hydrogens is 464 g/mol. The Balaban J connectivity index is 1.59. The van der Waals surface area contributed by atoms with Crippen molar-refractivity contribution in [3.8, 4) is 5.75 Å². The molecule has 0 spiro atoms. The summed E-state index contributed by atoms with van der Waals surface area (Å²) in [6, 6.07) is 26.6. The lowest BCUT2D eigenvalue weighted by Crippen LogP contribution is -2.65. The van der Waals surface area contributed by atoms with Gasteiger partial charge in [0.1, 0.15) is 12.4 Å². The van der Waals surface area contributed by atoms with E-state index >= 15 is 0 Å². The number of ether oxygens (including phenoxy) is 2. The van der Waals surface area contributed by atoms with Crippen molar-refractivity contribution in [2.75, 3.05) is 7.11 Å². The van der Waals surface area contributed by atoms with Crippen molar-refractivity contribution in [3.05, 3.63) is 102 Å². The van der Waals surface area contributed by atoms with Crippen LogP contribution in [-0.2, 0) is 16.1 Å². The topological polar surface area (TPSA) is 67.9 Å². The average Bonchev–Trinajstić information content (AvgIpc) is 2.90. The molecule has 37 heavy (non-hydrogen) atoms. The number of hydrogen-bond donors (Lipinski definition) is 1. The maximum Gasteiger partial charge on any atom is 0.407 e. The van der Waals surface area contributed by atoms with Crippen molar-refractivity contribution in [1.82, 2.24) is 10.2 Å². The number of methoxy groups -OCH3 is 1. The van der Waals surface area contributed by atoms with Gasteiger partial charge in [-0.3, -0.25) is 4.79 Å². The maximum atomic E-state index is 13.8. The number of carbonyl (C=O) groups excluding carboxylic acids is 2. The fraction of sp³-hybridized carbons (Fsp3) is 0.355. The van der Waals surface area contributed by atoms with Gasteiger partial charge in [-0.15, -0.1) is 0 Å². The molecule has 0 bridgehead atoms. The van der Waals surface area contributed by atoms with E-state index in [4.69, 9.17) is 9.47 Å². The third kappa shape index (κ3) is 5.79. The Bertz CT molecular complexity index is 1190. The van der Waals surface area contributed by atoms with Crippen molar-refractivity contribution in [2.24, 2.45) is 11.3 Å². The lowest BCUT2D eigenvalue weighted by molar-refractivity contribution is -0.166. The molecule has 1 heterocycles. The van der Waals surface area contributed by atoms with E-state index in [0.717, 1.165) is 22.4 Å². The number of carbonyl (C=O) groups is 2. The zero-order valence-corrected chi connectivity index (χ0v) is 22.2. The molecule has 4 atom stereocenters. The van der Waals surface area contributed by atoms with E-state index in [1.165, 1.54) is 0 Å². The molecule has 0 unspecified atom stereocenters. The zero-order valence-electron chi connectivity index (χ0n) is 22.2. The number of amides is 2. The first-order chi connectivity index (χ1) is 17.7. The predicted molar refractivity (Wildman–Crippen MR) is 144 cm³/mol. The predicted octanol–water partition coefficient (Wildman–Crippen LogP) is 6.30. The van der Waals surface area contributed by atoms with Gasteiger partial charge in [0.05, 0.1) is 31.2 Å². The first kappa shape index (κ1) is 26.3. The van der Waals surface area contributed by atoms with E-state index in [1.54, 1.807) is 7.11 Å². The molecule has 1 aliphatic heterocycles. The summed E-state index contributed by atoms with van der Waals surface area (Å²) in [5.74, 6) is 0.363. The molecule has 194 valence electrons. The number of rotatable bonds is 8. The van der Waals surface area contributed by atoms with Gasteiger partial charge in [-0.1, -0.05) is 93.6 Å². The number of likely N-dealkylation sites (tertiary alicyclic amines) is 1. The van der Waals surface area contributed by atoms with Crippen LogP contribution in [0.3, 0.4) is 0 Å². The molecule has 0 aromatic heterocycles. The molecule has 1 aliphatic rings. The van der Waals surface area contributed by atoms with Crippen molar-refractivity contribution >= 4 is 12.0 Å². The lowest BCUT2D eigenvalue weighted by Gasteiger charge is -2.55. The number of β-lactam (4-membered cyclic amide) rings is 1. The summed E-state index contributed by atoms with van der Waals surface area (Å²) < 4.78 is 10.8. The smallest absolute Gasteiger partial charge is 0.407 e. The Morgan fingerprint density at radius 2 is 1.54 bits per heavy atom. The minimum absolute atomic E-state index is 0.0143. The van der Waals surface area contributed by atoms with Gasteiger partial charge in [0.15, 0.2) is 0 Å². The largest absolute Gasteiger partial charge is 0.497 e. The molecule has 6 nitrogen and oxygen atoms in total. The fourth-order valence-electron chi connectivity index (χ4n) is 5.09. The summed E-state index contributed by atoms with van der Waals surface area (Å²) in [6.07, 6.45) is -0.523. The highest BCUT2D eigenvalue weighted by Crippen LogP contribution is 2.49. The minimum Gasteiger partial charge on any atom is -0.497 e. The highest BCUT2D eigenvalue weighted by Gasteiger charge is 2.56. The Labute approximate surface area is 219 Å². The van der Waals surface area contributed by atoms with Gasteiger partial charge in [0.25, 0.3) is 0 Å². The summed E-state index contributed by atoms with van der Waals surface area (Å²) in [6.45, 7) is 8.34. The molecular formula is C31H36N2O4. The summed E-state index contributed by atoms with van der Waals surface area (Å²) in [4.78, 5) is 28.7. The standard InChI is InChI=1S/C31H36N2O4/c1-21(23-16-18-25(36-5)19-17-23)33-27(24-14-10-7-11-15-24)26(29(33)34)28(31(2,3)4)32-30(35)37-20-22-12-8-6-9-13-22/h6-19,21,26-28H,20H2,1-5H3,(H,32,35)/t21-,26+,27-,28+/m1/s1. The molecule has 6 heteroatoms. The first-order valence-corrected chi connectivity index (χ1v) is 12.7. The Kier molecular flexibility index (Phi) is 7.86. The van der Waals surface area contributed by atoms with Crippen molar-refractivity contribution in [2.45, 2.75) is 52.4 Å². The van der Waals surface area contributed by atoms with Crippen LogP contribution in [0.15, 0.2) is 84.9 Å². The molecule has 2 amide bonds. The molecule has 3 aromatic rings. The van der Waals surface area contributed by atoms with Crippen LogP contribution < -0.4 is 10.1 Å². The second-order valence-corrected chi connectivity index (χ2v) is 10.6. The van der Waals surface area contributed by atoms with Gasteiger partial charge in [-0.05, 0) is 41.2 Å². The second kappa shape index (κ2) is 11.1. The zero-order chi connectivity index (χ0) is 26.6. The van der Waals surface area contributed by atoms with Crippen LogP contribution in [0, 0.1) is 11.3 Å². The summed E-state index contributed by atoms with van der Waals surface area (Å²) in [5.41, 5.74) is 2.60. The SMILES string of the molecule is COc1ccc([C@@H](C)N2C(=O)[C@H]([C@H](NC(=O)OCc3ccccc3)C(C)(C)C)[C@H]2c2ccccc2)cc1. The Hall–Kier alpha value is -3.80. The maximum absolute atomic E-state index is 13.8. The van der Waals surface area contributed by atoms with E-state index in [2.05, 4.69) is 5.32 Å². The quantitative estimate of drug-likeness (QED) is 0.369. The van der Waals surface area contributed by atoms with Crippen molar-refractivity contribution in [1.29, 1.82) is 0 Å². The van der Waals surface area contributed by atoms with Crippen molar-refractivity contribution < 1.29 is 19.1 Å². The molecule has 0 radical (unpaired) electrons. The molecule has 3 aromatic carbocycles. The van der Waals surface area contributed by atoms with Crippen LogP contribution in [0.1, 0.15) is 56.5 Å². The summed E-state index contributed by atoms with van der Waals surface area (Å²) >= 11 is 0. The second-order valence-electron chi connectivity index (χ2n) is 10.6. The van der Waals surface area contributed by atoms with Crippen LogP contribution in [-0.4, -0.2) is 30.1 Å². The lowest BCUT2D eigenvalue weighted by atomic mass is 9.68. The molecule has 0 saturated carbocycles. The minimum atomic E-state index is -0.523. The van der Waals surface area contributed by atoms with E-state index in [9.17, 15) is 9.59 Å². The van der Waals surface area contributed by atoms with Gasteiger partial charge in [0.2, 0.25) is 5.91 Å². The summed E-state index contributed by atoms with van der Waals surface area (Å²) in [7, 11) is 1.64. The Morgan fingerprint density at radius 1 is 0.946 bits per heavy atom. The molecule has 1 fully saturated rings. The van der Waals surface area contributed by atoms with Crippen LogP contribution in [0.4, 0.5) is 4.79 Å².